The lowest BCUT2D eigenvalue weighted by atomic mass is 10.1. The van der Waals surface area contributed by atoms with Crippen molar-refractivity contribution >= 4 is 11.6 Å². The molecule has 0 aliphatic carbocycles. The Hall–Kier alpha value is -0.780. The molecule has 0 unspecified atom stereocenters. The first kappa shape index (κ1) is 12.3. The van der Waals surface area contributed by atoms with Gasteiger partial charge in [0.05, 0.1) is 16.7 Å². The Morgan fingerprint density at radius 2 is 2.00 bits per heavy atom. The highest BCUT2D eigenvalue weighted by Crippen LogP contribution is 2.35. The summed E-state index contributed by atoms with van der Waals surface area (Å²) in [7, 11) is 0. The van der Waals surface area contributed by atoms with Crippen molar-refractivity contribution in [1.82, 2.24) is 0 Å². The van der Waals surface area contributed by atoms with Gasteiger partial charge in [-0.05, 0) is 17.7 Å². The highest BCUT2D eigenvalue weighted by atomic mass is 35.5. The number of alkyl halides is 3. The second kappa shape index (κ2) is 4.38. The maximum Gasteiger partial charge on any atom is 0.417 e. The van der Waals surface area contributed by atoms with Gasteiger partial charge in [0.2, 0.25) is 0 Å². The van der Waals surface area contributed by atoms with Gasteiger partial charge in [0, 0.05) is 6.54 Å². The van der Waals surface area contributed by atoms with E-state index in [1.807, 2.05) is 0 Å². The molecule has 0 bridgehead atoms. The summed E-state index contributed by atoms with van der Waals surface area (Å²) in [6, 6.07) is 3.06. The highest BCUT2D eigenvalue weighted by Gasteiger charge is 2.33. The second-order valence-electron chi connectivity index (χ2n) is 2.99. The largest absolute Gasteiger partial charge is 0.417 e. The standard InChI is InChI=1S/C9H9ClF3NO/c10-7-3-5(8(15)4-14)1-2-6(7)9(11,12)13/h1-3,8,15H,4,14H2/t8-/m1/s1. The minimum atomic E-state index is -4.48. The Morgan fingerprint density at radius 3 is 2.40 bits per heavy atom. The number of rotatable bonds is 2. The van der Waals surface area contributed by atoms with Crippen LogP contribution in [0.3, 0.4) is 0 Å². The number of benzene rings is 1. The number of aliphatic hydroxyl groups is 1. The summed E-state index contributed by atoms with van der Waals surface area (Å²) >= 11 is 5.44. The molecule has 15 heavy (non-hydrogen) atoms. The van der Waals surface area contributed by atoms with Crippen molar-refractivity contribution in [3.63, 3.8) is 0 Å². The predicted octanol–water partition coefficient (Wildman–Crippen LogP) is 2.35. The third-order valence-corrected chi connectivity index (χ3v) is 2.22. The van der Waals surface area contributed by atoms with E-state index in [1.165, 1.54) is 0 Å². The Morgan fingerprint density at radius 1 is 1.40 bits per heavy atom. The van der Waals surface area contributed by atoms with Gasteiger partial charge in [-0.25, -0.2) is 0 Å². The van der Waals surface area contributed by atoms with Gasteiger partial charge in [-0.2, -0.15) is 13.2 Å². The summed E-state index contributed by atoms with van der Waals surface area (Å²) in [5.74, 6) is 0. The van der Waals surface area contributed by atoms with Gasteiger partial charge < -0.3 is 10.8 Å². The molecule has 0 aliphatic rings. The molecule has 0 amide bonds. The number of aliphatic hydroxyl groups excluding tert-OH is 1. The van der Waals surface area contributed by atoms with Gasteiger partial charge >= 0.3 is 6.18 Å². The SMILES string of the molecule is NC[C@@H](O)c1ccc(C(F)(F)F)c(Cl)c1. The van der Waals surface area contributed by atoms with E-state index in [1.54, 1.807) is 0 Å². The molecule has 3 N–H and O–H groups in total. The van der Waals surface area contributed by atoms with E-state index in [4.69, 9.17) is 17.3 Å². The quantitative estimate of drug-likeness (QED) is 0.832. The minimum absolute atomic E-state index is 0.0678. The molecule has 0 heterocycles. The molecule has 0 spiro atoms. The minimum Gasteiger partial charge on any atom is -0.387 e. The molecule has 1 atom stereocenters. The summed E-state index contributed by atoms with van der Waals surface area (Å²) < 4.78 is 36.9. The van der Waals surface area contributed by atoms with Gasteiger partial charge in [-0.3, -0.25) is 0 Å². The van der Waals surface area contributed by atoms with Gasteiger partial charge in [0.1, 0.15) is 0 Å². The molecule has 2 nitrogen and oxygen atoms in total. The molecule has 1 rings (SSSR count). The topological polar surface area (TPSA) is 46.2 Å². The summed E-state index contributed by atoms with van der Waals surface area (Å²) in [6.45, 7) is -0.0678. The molecule has 0 fully saturated rings. The molecule has 6 heteroatoms. The van der Waals surface area contributed by atoms with Crippen molar-refractivity contribution in [2.24, 2.45) is 5.73 Å². The Kier molecular flexibility index (Phi) is 3.59. The van der Waals surface area contributed by atoms with E-state index < -0.39 is 22.9 Å². The summed E-state index contributed by atoms with van der Waals surface area (Å²) in [4.78, 5) is 0. The van der Waals surface area contributed by atoms with E-state index in [0.29, 0.717) is 0 Å². The van der Waals surface area contributed by atoms with Crippen LogP contribution in [0, 0.1) is 0 Å². The average molecular weight is 240 g/mol. The maximum atomic E-state index is 12.3. The van der Waals surface area contributed by atoms with Crippen LogP contribution in [-0.2, 0) is 6.18 Å². The Labute approximate surface area is 89.5 Å². The van der Waals surface area contributed by atoms with Crippen LogP contribution in [0.15, 0.2) is 18.2 Å². The molecule has 1 aromatic carbocycles. The smallest absolute Gasteiger partial charge is 0.387 e. The molecule has 0 aliphatic heterocycles. The van der Waals surface area contributed by atoms with Gasteiger partial charge in [0.15, 0.2) is 0 Å². The fourth-order valence-electron chi connectivity index (χ4n) is 1.10. The van der Waals surface area contributed by atoms with E-state index in [9.17, 15) is 18.3 Å². The van der Waals surface area contributed by atoms with Gasteiger partial charge in [-0.1, -0.05) is 17.7 Å². The fourth-order valence-corrected chi connectivity index (χ4v) is 1.40. The lowest BCUT2D eigenvalue weighted by Crippen LogP contribution is -2.12. The van der Waals surface area contributed by atoms with Crippen LogP contribution >= 0.6 is 11.6 Å². The first-order valence-corrected chi connectivity index (χ1v) is 4.49. The summed E-state index contributed by atoms with van der Waals surface area (Å²) in [5.41, 5.74) is 4.52. The van der Waals surface area contributed by atoms with Crippen LogP contribution in [0.1, 0.15) is 17.2 Å². The zero-order valence-corrected chi connectivity index (χ0v) is 8.31. The zero-order valence-electron chi connectivity index (χ0n) is 7.55. The molecule has 84 valence electrons. The molecule has 0 aromatic heterocycles. The number of hydrogen-bond donors (Lipinski definition) is 2. The van der Waals surface area contributed by atoms with Gasteiger partial charge in [0.25, 0.3) is 0 Å². The summed E-state index contributed by atoms with van der Waals surface area (Å²) in [5, 5.41) is 8.85. The first-order chi connectivity index (χ1) is 6.86. The lowest BCUT2D eigenvalue weighted by molar-refractivity contribution is -0.137. The summed E-state index contributed by atoms with van der Waals surface area (Å²) in [6.07, 6.45) is -5.48. The number of hydrogen-bond acceptors (Lipinski definition) is 2. The lowest BCUT2D eigenvalue weighted by Gasteiger charge is -2.12. The maximum absolute atomic E-state index is 12.3. The van der Waals surface area contributed by atoms with Crippen LogP contribution in [0.2, 0.25) is 5.02 Å². The van der Waals surface area contributed by atoms with Crippen molar-refractivity contribution in [2.75, 3.05) is 6.54 Å². The van der Waals surface area contributed by atoms with Crippen LogP contribution in [0.5, 0.6) is 0 Å². The molecule has 0 radical (unpaired) electrons. The van der Waals surface area contributed by atoms with Crippen molar-refractivity contribution in [3.8, 4) is 0 Å². The molecular formula is C9H9ClF3NO. The first-order valence-electron chi connectivity index (χ1n) is 4.11. The van der Waals surface area contributed by atoms with E-state index in [-0.39, 0.29) is 12.1 Å². The number of nitrogens with two attached hydrogens (primary N) is 1. The van der Waals surface area contributed by atoms with E-state index in [2.05, 4.69) is 0 Å². The van der Waals surface area contributed by atoms with Crippen molar-refractivity contribution in [1.29, 1.82) is 0 Å². The van der Waals surface area contributed by atoms with Gasteiger partial charge in [-0.15, -0.1) is 0 Å². The predicted molar refractivity (Wildman–Crippen MR) is 50.5 cm³/mol. The monoisotopic (exact) mass is 239 g/mol. The highest BCUT2D eigenvalue weighted by molar-refractivity contribution is 6.31. The average Bonchev–Trinajstić information content (AvgIpc) is 2.14. The second-order valence-corrected chi connectivity index (χ2v) is 3.40. The van der Waals surface area contributed by atoms with Crippen LogP contribution < -0.4 is 5.73 Å². The third kappa shape index (κ3) is 2.84. The van der Waals surface area contributed by atoms with Crippen LogP contribution in [-0.4, -0.2) is 11.7 Å². The van der Waals surface area contributed by atoms with Crippen molar-refractivity contribution in [2.45, 2.75) is 12.3 Å². The molecule has 1 aromatic rings. The van der Waals surface area contributed by atoms with E-state index in [0.717, 1.165) is 18.2 Å². The molecular weight excluding hydrogens is 231 g/mol. The Bertz CT molecular complexity index is 354. The zero-order chi connectivity index (χ0) is 11.6. The molecule has 0 saturated heterocycles. The van der Waals surface area contributed by atoms with Crippen molar-refractivity contribution in [3.05, 3.63) is 34.3 Å². The Balaban J connectivity index is 3.09. The van der Waals surface area contributed by atoms with Crippen LogP contribution in [0.4, 0.5) is 13.2 Å². The fraction of sp³-hybridized carbons (Fsp3) is 0.333. The van der Waals surface area contributed by atoms with Crippen molar-refractivity contribution < 1.29 is 18.3 Å². The number of halogens is 4. The normalized spacial score (nSPS) is 14.0. The molecule has 0 saturated carbocycles. The third-order valence-electron chi connectivity index (χ3n) is 1.91. The van der Waals surface area contributed by atoms with Crippen LogP contribution in [0.25, 0.3) is 0 Å². The van der Waals surface area contributed by atoms with E-state index >= 15 is 0 Å².